The van der Waals surface area contributed by atoms with Gasteiger partial charge in [0.25, 0.3) is 0 Å². The van der Waals surface area contributed by atoms with Crippen LogP contribution in [0.5, 0.6) is 0 Å². The van der Waals surface area contributed by atoms with Crippen molar-refractivity contribution in [2.45, 2.75) is 0 Å². The first-order valence-electron chi connectivity index (χ1n) is 4.34. The van der Waals surface area contributed by atoms with E-state index in [9.17, 15) is 4.79 Å². The SMILES string of the molecule is O=c1cc2ccn3ccccc3c-2o1. The van der Waals surface area contributed by atoms with Crippen LogP contribution in [0.25, 0.3) is 16.8 Å². The van der Waals surface area contributed by atoms with E-state index in [1.54, 1.807) is 0 Å². The first-order valence-corrected chi connectivity index (χ1v) is 4.34. The molecule has 0 atom stereocenters. The lowest BCUT2D eigenvalue weighted by Gasteiger charge is -2.03. The molecule has 3 heteroatoms. The van der Waals surface area contributed by atoms with Gasteiger partial charge in [-0.25, -0.2) is 4.79 Å². The average Bonchev–Trinajstić information content (AvgIpc) is 2.59. The summed E-state index contributed by atoms with van der Waals surface area (Å²) < 4.78 is 7.03. The van der Waals surface area contributed by atoms with Gasteiger partial charge in [0.2, 0.25) is 0 Å². The Morgan fingerprint density at radius 3 is 3.00 bits per heavy atom. The molecule has 0 radical (unpaired) electrons. The molecule has 0 N–H and O–H groups in total. The molecule has 2 aliphatic rings. The van der Waals surface area contributed by atoms with E-state index in [4.69, 9.17) is 4.42 Å². The maximum atomic E-state index is 11.1. The van der Waals surface area contributed by atoms with Gasteiger partial charge in [-0.2, -0.15) is 0 Å². The highest BCUT2D eigenvalue weighted by molar-refractivity contribution is 5.76. The summed E-state index contributed by atoms with van der Waals surface area (Å²) in [6.07, 6.45) is 3.83. The number of rotatable bonds is 0. The summed E-state index contributed by atoms with van der Waals surface area (Å²) in [5.74, 6) is 0.651. The Kier molecular flexibility index (Phi) is 1.31. The first-order chi connectivity index (χ1) is 6.84. The molecule has 3 heterocycles. The van der Waals surface area contributed by atoms with Gasteiger partial charge < -0.3 is 8.82 Å². The van der Waals surface area contributed by atoms with Crippen LogP contribution in [-0.2, 0) is 0 Å². The standard InChI is InChI=1S/C11H7NO2/c13-10-7-8-4-6-12-5-2-1-3-9(12)11(8)14-10/h1-7H. The second kappa shape index (κ2) is 2.48. The van der Waals surface area contributed by atoms with Crippen molar-refractivity contribution in [3.8, 4) is 11.3 Å². The Morgan fingerprint density at radius 1 is 1.14 bits per heavy atom. The van der Waals surface area contributed by atoms with Crippen LogP contribution < -0.4 is 5.63 Å². The number of hydrogen-bond donors (Lipinski definition) is 0. The minimum atomic E-state index is -0.294. The number of hydrogen-bond acceptors (Lipinski definition) is 2. The van der Waals surface area contributed by atoms with Crippen LogP contribution in [0.1, 0.15) is 0 Å². The van der Waals surface area contributed by atoms with Crippen molar-refractivity contribution >= 4 is 5.52 Å². The molecule has 0 aromatic carbocycles. The summed E-state index contributed by atoms with van der Waals surface area (Å²) >= 11 is 0. The normalized spacial score (nSPS) is 11.1. The summed E-state index contributed by atoms with van der Waals surface area (Å²) in [6, 6.07) is 9.14. The van der Waals surface area contributed by atoms with Gasteiger partial charge in [-0.3, -0.25) is 0 Å². The van der Waals surface area contributed by atoms with Crippen LogP contribution in [-0.4, -0.2) is 4.40 Å². The van der Waals surface area contributed by atoms with Crippen LogP contribution in [0.15, 0.2) is 51.9 Å². The highest BCUT2D eigenvalue weighted by atomic mass is 16.4. The Bertz CT molecular complexity index is 621. The van der Waals surface area contributed by atoms with Crippen molar-refractivity contribution in [3.63, 3.8) is 0 Å². The van der Waals surface area contributed by atoms with Crippen molar-refractivity contribution in [2.24, 2.45) is 0 Å². The molecule has 3 rings (SSSR count). The van der Waals surface area contributed by atoms with Crippen molar-refractivity contribution in [1.29, 1.82) is 0 Å². The van der Waals surface area contributed by atoms with E-state index in [0.29, 0.717) is 5.76 Å². The van der Waals surface area contributed by atoms with Crippen LogP contribution in [0.4, 0.5) is 0 Å². The molecule has 68 valence electrons. The van der Waals surface area contributed by atoms with Crippen LogP contribution in [0.3, 0.4) is 0 Å². The van der Waals surface area contributed by atoms with Gasteiger partial charge >= 0.3 is 5.63 Å². The van der Waals surface area contributed by atoms with Crippen molar-refractivity contribution in [2.75, 3.05) is 0 Å². The summed E-state index contributed by atoms with van der Waals surface area (Å²) in [6.45, 7) is 0. The monoisotopic (exact) mass is 185 g/mol. The molecule has 0 spiro atoms. The molecule has 1 aromatic rings. The predicted octanol–water partition coefficient (Wildman–Crippen LogP) is 2.00. The molecule has 0 saturated carbocycles. The number of aromatic nitrogens is 1. The van der Waals surface area contributed by atoms with E-state index in [0.717, 1.165) is 11.1 Å². The van der Waals surface area contributed by atoms with E-state index in [1.807, 2.05) is 41.1 Å². The molecule has 3 nitrogen and oxygen atoms in total. The van der Waals surface area contributed by atoms with Crippen LogP contribution in [0.2, 0.25) is 0 Å². The molecule has 0 saturated heterocycles. The Labute approximate surface area is 79.6 Å². The summed E-state index contributed by atoms with van der Waals surface area (Å²) in [5, 5.41) is 0. The maximum Gasteiger partial charge on any atom is 0.336 e. The zero-order chi connectivity index (χ0) is 9.54. The molecular formula is C11H7NO2. The van der Waals surface area contributed by atoms with E-state index in [1.165, 1.54) is 6.07 Å². The van der Waals surface area contributed by atoms with E-state index < -0.39 is 0 Å². The first kappa shape index (κ1) is 7.38. The minimum absolute atomic E-state index is 0.294. The lowest BCUT2D eigenvalue weighted by molar-refractivity contribution is 0.546. The second-order valence-corrected chi connectivity index (χ2v) is 3.16. The third kappa shape index (κ3) is 0.893. The summed E-state index contributed by atoms with van der Waals surface area (Å²) in [5.41, 5.74) is 1.46. The number of nitrogens with zero attached hydrogens (tertiary/aromatic N) is 1. The van der Waals surface area contributed by atoms with Gasteiger partial charge in [-0.05, 0) is 18.2 Å². The maximum absolute atomic E-state index is 11.1. The molecule has 0 bridgehead atoms. The summed E-state index contributed by atoms with van der Waals surface area (Å²) in [7, 11) is 0. The Balaban J connectivity index is 2.59. The van der Waals surface area contributed by atoms with Gasteiger partial charge in [0, 0.05) is 24.0 Å². The minimum Gasteiger partial charge on any atom is -0.420 e. The Hall–Kier alpha value is -2.03. The van der Waals surface area contributed by atoms with Crippen molar-refractivity contribution in [1.82, 2.24) is 4.40 Å². The Morgan fingerprint density at radius 2 is 2.07 bits per heavy atom. The molecule has 14 heavy (non-hydrogen) atoms. The van der Waals surface area contributed by atoms with E-state index >= 15 is 0 Å². The molecule has 1 aromatic heterocycles. The lowest BCUT2D eigenvalue weighted by atomic mass is 10.2. The fourth-order valence-electron chi connectivity index (χ4n) is 1.64. The van der Waals surface area contributed by atoms with Gasteiger partial charge in [0.1, 0.15) is 0 Å². The van der Waals surface area contributed by atoms with Crippen LogP contribution >= 0.6 is 0 Å². The molecule has 0 unspecified atom stereocenters. The van der Waals surface area contributed by atoms with E-state index in [2.05, 4.69) is 0 Å². The molecule has 0 amide bonds. The summed E-state index contributed by atoms with van der Waals surface area (Å²) in [4.78, 5) is 11.1. The predicted molar refractivity (Wildman–Crippen MR) is 52.6 cm³/mol. The molecule has 0 fully saturated rings. The molecular weight excluding hydrogens is 178 g/mol. The fourth-order valence-corrected chi connectivity index (χ4v) is 1.64. The van der Waals surface area contributed by atoms with Crippen molar-refractivity contribution < 1.29 is 4.42 Å². The third-order valence-corrected chi connectivity index (χ3v) is 2.28. The lowest BCUT2D eigenvalue weighted by Crippen LogP contribution is -1.88. The highest BCUT2D eigenvalue weighted by Gasteiger charge is 2.10. The average molecular weight is 185 g/mol. The number of fused-ring (bicyclic) bond motifs is 3. The largest absolute Gasteiger partial charge is 0.420 e. The van der Waals surface area contributed by atoms with Gasteiger partial charge in [-0.1, -0.05) is 6.07 Å². The smallest absolute Gasteiger partial charge is 0.336 e. The van der Waals surface area contributed by atoms with Crippen molar-refractivity contribution in [3.05, 3.63) is 53.1 Å². The highest BCUT2D eigenvalue weighted by Crippen LogP contribution is 2.24. The zero-order valence-electron chi connectivity index (χ0n) is 7.31. The topological polar surface area (TPSA) is 34.6 Å². The van der Waals surface area contributed by atoms with E-state index in [-0.39, 0.29) is 5.63 Å². The molecule has 0 aliphatic carbocycles. The zero-order valence-corrected chi connectivity index (χ0v) is 7.31. The van der Waals surface area contributed by atoms with Crippen LogP contribution in [0, 0.1) is 0 Å². The van der Waals surface area contributed by atoms with Gasteiger partial charge in [-0.15, -0.1) is 0 Å². The van der Waals surface area contributed by atoms with Gasteiger partial charge in [0.05, 0.1) is 5.52 Å². The molecule has 2 aliphatic heterocycles. The quantitative estimate of drug-likeness (QED) is 0.536. The second-order valence-electron chi connectivity index (χ2n) is 3.16. The number of pyridine rings is 2. The third-order valence-electron chi connectivity index (χ3n) is 2.28. The number of furan rings is 1. The van der Waals surface area contributed by atoms with Gasteiger partial charge in [0.15, 0.2) is 5.76 Å². The fraction of sp³-hybridized carbons (Fsp3) is 0.